The zero-order valence-corrected chi connectivity index (χ0v) is 13.9. The Morgan fingerprint density at radius 2 is 1.78 bits per heavy atom. The van der Waals surface area contributed by atoms with E-state index in [0.29, 0.717) is 25.9 Å². The van der Waals surface area contributed by atoms with Crippen LogP contribution >= 0.6 is 0 Å². The molecule has 0 spiro atoms. The summed E-state index contributed by atoms with van der Waals surface area (Å²) >= 11 is 0. The van der Waals surface area contributed by atoms with Crippen molar-refractivity contribution in [3.63, 3.8) is 0 Å². The lowest BCUT2D eigenvalue weighted by atomic mass is 9.94. The molecule has 1 aliphatic rings. The number of ether oxygens (including phenoxy) is 2. The van der Waals surface area contributed by atoms with Gasteiger partial charge in [0, 0.05) is 19.5 Å². The zero-order chi connectivity index (χ0) is 17.6. The number of carbonyl (C=O) groups excluding carboxylic acids is 2. The number of nitrogens with zero attached hydrogens (tertiary/aromatic N) is 1. The molecule has 0 aromatic rings. The molecule has 23 heavy (non-hydrogen) atoms. The van der Waals surface area contributed by atoms with Crippen LogP contribution in [0.15, 0.2) is 0 Å². The van der Waals surface area contributed by atoms with Gasteiger partial charge in [-0.3, -0.25) is 4.79 Å². The fraction of sp³-hybridized carbons (Fsp3) is 0.867. The Labute approximate surface area is 136 Å². The molecule has 8 heteroatoms. The Bertz CT molecular complexity index is 411. The van der Waals surface area contributed by atoms with E-state index in [4.69, 9.17) is 9.47 Å². The van der Waals surface area contributed by atoms with Crippen LogP contribution in [0, 0.1) is 0 Å². The number of amides is 1. The fourth-order valence-corrected chi connectivity index (χ4v) is 2.56. The van der Waals surface area contributed by atoms with E-state index in [1.54, 1.807) is 6.92 Å². The summed E-state index contributed by atoms with van der Waals surface area (Å²) in [7, 11) is 0. The molecule has 1 fully saturated rings. The SMILES string of the molecule is CCCN(CCC)C(=O)[C@@H]1OC(O)(C(=O)OCC)C[C@@H](O)[C@H]1O. The Morgan fingerprint density at radius 3 is 2.26 bits per heavy atom. The summed E-state index contributed by atoms with van der Waals surface area (Å²) < 4.78 is 9.91. The van der Waals surface area contributed by atoms with Crippen molar-refractivity contribution in [1.82, 2.24) is 4.90 Å². The molecule has 1 rings (SSSR count). The quantitative estimate of drug-likeness (QED) is 0.533. The third kappa shape index (κ3) is 4.63. The summed E-state index contributed by atoms with van der Waals surface area (Å²) in [6, 6.07) is 0. The summed E-state index contributed by atoms with van der Waals surface area (Å²) in [6.45, 7) is 6.28. The third-order valence-corrected chi connectivity index (χ3v) is 3.65. The van der Waals surface area contributed by atoms with E-state index in [9.17, 15) is 24.9 Å². The van der Waals surface area contributed by atoms with E-state index in [0.717, 1.165) is 0 Å². The molecule has 1 heterocycles. The largest absolute Gasteiger partial charge is 0.462 e. The topological polar surface area (TPSA) is 117 Å². The molecule has 0 aromatic carbocycles. The van der Waals surface area contributed by atoms with Crippen LogP contribution in [0.3, 0.4) is 0 Å². The first-order chi connectivity index (χ1) is 10.8. The second-order valence-electron chi connectivity index (χ2n) is 5.63. The van der Waals surface area contributed by atoms with Crippen molar-refractivity contribution in [3.05, 3.63) is 0 Å². The minimum atomic E-state index is -2.45. The summed E-state index contributed by atoms with van der Waals surface area (Å²) in [5, 5.41) is 30.3. The van der Waals surface area contributed by atoms with Gasteiger partial charge >= 0.3 is 5.97 Å². The minimum absolute atomic E-state index is 0.0135. The summed E-state index contributed by atoms with van der Waals surface area (Å²) in [5.41, 5.74) is 0. The Kier molecular flexibility index (Phi) is 7.40. The molecule has 0 bridgehead atoms. The maximum atomic E-state index is 12.6. The van der Waals surface area contributed by atoms with Crippen molar-refractivity contribution in [3.8, 4) is 0 Å². The molecule has 3 N–H and O–H groups in total. The Balaban J connectivity index is 2.97. The number of aliphatic hydroxyl groups is 3. The number of rotatable bonds is 7. The molecule has 1 aliphatic heterocycles. The highest BCUT2D eigenvalue weighted by atomic mass is 16.7. The van der Waals surface area contributed by atoms with Crippen molar-refractivity contribution in [2.24, 2.45) is 0 Å². The first-order valence-electron chi connectivity index (χ1n) is 8.03. The van der Waals surface area contributed by atoms with E-state index in [1.165, 1.54) is 4.90 Å². The van der Waals surface area contributed by atoms with Crippen molar-refractivity contribution in [2.45, 2.75) is 64.1 Å². The van der Waals surface area contributed by atoms with E-state index in [1.807, 2.05) is 13.8 Å². The van der Waals surface area contributed by atoms with Gasteiger partial charge in [-0.1, -0.05) is 13.8 Å². The maximum absolute atomic E-state index is 12.6. The number of hydrogen-bond acceptors (Lipinski definition) is 7. The zero-order valence-electron chi connectivity index (χ0n) is 13.9. The van der Waals surface area contributed by atoms with Gasteiger partial charge in [0.1, 0.15) is 6.10 Å². The molecule has 134 valence electrons. The van der Waals surface area contributed by atoms with Crippen molar-refractivity contribution in [1.29, 1.82) is 0 Å². The highest BCUT2D eigenvalue weighted by molar-refractivity contribution is 5.84. The van der Waals surface area contributed by atoms with Gasteiger partial charge < -0.3 is 29.7 Å². The summed E-state index contributed by atoms with van der Waals surface area (Å²) in [6.07, 6.45) is -3.66. The van der Waals surface area contributed by atoms with Crippen molar-refractivity contribution >= 4 is 11.9 Å². The van der Waals surface area contributed by atoms with Gasteiger partial charge in [0.15, 0.2) is 6.10 Å². The van der Waals surface area contributed by atoms with Crippen LogP contribution in [0.25, 0.3) is 0 Å². The molecule has 0 aliphatic carbocycles. The normalized spacial score (nSPS) is 30.8. The average molecular weight is 333 g/mol. The molecule has 8 nitrogen and oxygen atoms in total. The van der Waals surface area contributed by atoms with Gasteiger partial charge in [-0.2, -0.15) is 0 Å². The van der Waals surface area contributed by atoms with Gasteiger partial charge in [0.2, 0.25) is 0 Å². The predicted molar refractivity (Wildman–Crippen MR) is 80.2 cm³/mol. The van der Waals surface area contributed by atoms with E-state index in [2.05, 4.69) is 0 Å². The lowest BCUT2D eigenvalue weighted by molar-refractivity contribution is -0.291. The lowest BCUT2D eigenvalue weighted by Gasteiger charge is -2.41. The van der Waals surface area contributed by atoms with Crippen LogP contribution in [0.4, 0.5) is 0 Å². The standard InChI is InChI=1S/C15H27NO7/c1-4-7-16(8-5-2)13(19)12-11(18)10(17)9-15(21,23-12)14(20)22-6-3/h10-12,17-18,21H,4-9H2,1-3H3/t10-,11-,12-,15?/m1/s1. The number of hydrogen-bond donors (Lipinski definition) is 3. The molecular weight excluding hydrogens is 306 g/mol. The van der Waals surface area contributed by atoms with Crippen LogP contribution in [0.5, 0.6) is 0 Å². The molecule has 1 saturated heterocycles. The Morgan fingerprint density at radius 1 is 1.22 bits per heavy atom. The van der Waals surface area contributed by atoms with Gasteiger partial charge in [-0.15, -0.1) is 0 Å². The molecule has 4 atom stereocenters. The van der Waals surface area contributed by atoms with E-state index < -0.39 is 42.4 Å². The van der Waals surface area contributed by atoms with Crippen molar-refractivity contribution < 1.29 is 34.4 Å². The minimum Gasteiger partial charge on any atom is -0.462 e. The van der Waals surface area contributed by atoms with Crippen molar-refractivity contribution in [2.75, 3.05) is 19.7 Å². The monoisotopic (exact) mass is 333 g/mol. The second kappa shape index (κ2) is 8.58. The van der Waals surface area contributed by atoms with Gasteiger partial charge in [0.25, 0.3) is 11.7 Å². The van der Waals surface area contributed by atoms with Gasteiger partial charge in [-0.05, 0) is 19.8 Å². The van der Waals surface area contributed by atoms with Gasteiger partial charge in [-0.25, -0.2) is 4.79 Å². The van der Waals surface area contributed by atoms with Crippen LogP contribution in [0.2, 0.25) is 0 Å². The highest BCUT2D eigenvalue weighted by Crippen LogP contribution is 2.30. The van der Waals surface area contributed by atoms with E-state index in [-0.39, 0.29) is 6.61 Å². The van der Waals surface area contributed by atoms with Crippen LogP contribution < -0.4 is 0 Å². The average Bonchev–Trinajstić information content (AvgIpc) is 2.50. The Hall–Kier alpha value is -1.22. The van der Waals surface area contributed by atoms with E-state index >= 15 is 0 Å². The number of carbonyl (C=O) groups is 2. The highest BCUT2D eigenvalue weighted by Gasteiger charge is 2.53. The third-order valence-electron chi connectivity index (χ3n) is 3.65. The molecule has 1 unspecified atom stereocenters. The predicted octanol–water partition coefficient (Wildman–Crippen LogP) is -0.603. The summed E-state index contributed by atoms with van der Waals surface area (Å²) in [4.78, 5) is 25.9. The molecule has 1 amide bonds. The van der Waals surface area contributed by atoms with Gasteiger partial charge in [0.05, 0.1) is 12.7 Å². The molecular formula is C15H27NO7. The smallest absolute Gasteiger partial charge is 0.366 e. The van der Waals surface area contributed by atoms with Crippen LogP contribution in [-0.2, 0) is 19.1 Å². The lowest BCUT2D eigenvalue weighted by Crippen LogP contribution is -2.62. The first-order valence-corrected chi connectivity index (χ1v) is 8.03. The number of aliphatic hydroxyl groups excluding tert-OH is 2. The second-order valence-corrected chi connectivity index (χ2v) is 5.63. The molecule has 0 radical (unpaired) electrons. The maximum Gasteiger partial charge on any atom is 0.366 e. The number of esters is 1. The molecule has 0 saturated carbocycles. The first kappa shape index (κ1) is 19.8. The van der Waals surface area contributed by atoms with Crippen LogP contribution in [0.1, 0.15) is 40.0 Å². The summed E-state index contributed by atoms with van der Waals surface area (Å²) in [5.74, 6) is -4.09. The fourth-order valence-electron chi connectivity index (χ4n) is 2.56. The van der Waals surface area contributed by atoms with Crippen LogP contribution in [-0.4, -0.2) is 75.9 Å². The molecule has 0 aromatic heterocycles.